The number of fused-ring (bicyclic) bond motifs is 1. The van der Waals surface area contributed by atoms with Crippen LogP contribution in [0.2, 0.25) is 0 Å². The first-order valence-corrected chi connectivity index (χ1v) is 4.29. The average molecular weight is 271 g/mol. The van der Waals surface area contributed by atoms with Crippen LogP contribution in [-0.4, -0.2) is 6.54 Å². The Hall–Kier alpha value is 0.144. The molecular formula is C10H10F2NY-. The summed E-state index contributed by atoms with van der Waals surface area (Å²) in [7, 11) is 0. The molecule has 1 aromatic rings. The number of hydrogen-bond donors (Lipinski definition) is 1. The van der Waals surface area contributed by atoms with E-state index in [-0.39, 0.29) is 38.3 Å². The summed E-state index contributed by atoms with van der Waals surface area (Å²) in [5, 5.41) is 3.17. The molecule has 0 aliphatic carbocycles. The van der Waals surface area contributed by atoms with Crippen LogP contribution in [0.15, 0.2) is 12.1 Å². The molecule has 1 nitrogen and oxygen atoms in total. The van der Waals surface area contributed by atoms with Crippen molar-refractivity contribution in [2.24, 2.45) is 0 Å². The molecule has 1 N–H and O–H groups in total. The minimum Gasteiger partial charge on any atom is -0.315 e. The Bertz CT molecular complexity index is 315. The van der Waals surface area contributed by atoms with E-state index < -0.39 is 6.43 Å². The van der Waals surface area contributed by atoms with E-state index in [1.54, 1.807) is 6.07 Å². The molecule has 0 spiro atoms. The van der Waals surface area contributed by atoms with Gasteiger partial charge >= 0.3 is 0 Å². The molecule has 4 heteroatoms. The van der Waals surface area contributed by atoms with Gasteiger partial charge in [0.25, 0.3) is 0 Å². The molecule has 0 amide bonds. The van der Waals surface area contributed by atoms with Crippen molar-refractivity contribution >= 4 is 0 Å². The van der Waals surface area contributed by atoms with Crippen LogP contribution >= 0.6 is 0 Å². The fourth-order valence-corrected chi connectivity index (χ4v) is 1.54. The number of hydrogen-bond acceptors (Lipinski definition) is 1. The van der Waals surface area contributed by atoms with Gasteiger partial charge in [0, 0.05) is 32.7 Å². The smallest absolute Gasteiger partial charge is 0.221 e. The summed E-state index contributed by atoms with van der Waals surface area (Å²) in [6.45, 7) is 1.62. The van der Waals surface area contributed by atoms with E-state index in [1.165, 1.54) is 6.07 Å². The van der Waals surface area contributed by atoms with Crippen molar-refractivity contribution in [3.05, 3.63) is 34.9 Å². The molecule has 1 radical (unpaired) electrons. The molecule has 0 unspecified atom stereocenters. The van der Waals surface area contributed by atoms with Crippen molar-refractivity contribution in [1.29, 1.82) is 0 Å². The molecule has 1 aromatic carbocycles. The Kier molecular flexibility index (Phi) is 4.61. The monoisotopic (exact) mass is 271 g/mol. The van der Waals surface area contributed by atoms with Gasteiger partial charge in [0.15, 0.2) is 0 Å². The second kappa shape index (κ2) is 5.29. The van der Waals surface area contributed by atoms with Crippen molar-refractivity contribution in [1.82, 2.24) is 5.32 Å². The number of halogens is 2. The normalized spacial score (nSPS) is 14.8. The van der Waals surface area contributed by atoms with Crippen LogP contribution in [0.4, 0.5) is 8.78 Å². The van der Waals surface area contributed by atoms with Crippen molar-refractivity contribution in [3.63, 3.8) is 0 Å². The Labute approximate surface area is 107 Å². The van der Waals surface area contributed by atoms with Gasteiger partial charge in [-0.3, -0.25) is 0 Å². The molecule has 0 aromatic heterocycles. The summed E-state index contributed by atoms with van der Waals surface area (Å²) in [6, 6.07) is 5.88. The van der Waals surface area contributed by atoms with E-state index in [9.17, 15) is 8.78 Å². The predicted octanol–water partition coefficient (Wildman–Crippen LogP) is 2.07. The summed E-state index contributed by atoms with van der Waals surface area (Å²) in [5.74, 6) is 0. The van der Waals surface area contributed by atoms with E-state index in [0.717, 1.165) is 30.6 Å². The van der Waals surface area contributed by atoms with Gasteiger partial charge in [-0.25, -0.2) is 8.78 Å². The number of alkyl halides is 2. The van der Waals surface area contributed by atoms with Gasteiger partial charge in [-0.05, 0) is 13.1 Å². The molecule has 73 valence electrons. The molecule has 0 saturated carbocycles. The first-order valence-electron chi connectivity index (χ1n) is 4.29. The molecule has 1 aliphatic heterocycles. The maximum atomic E-state index is 12.3. The first kappa shape index (κ1) is 12.2. The molecule has 1 heterocycles. The predicted molar refractivity (Wildman–Crippen MR) is 45.6 cm³/mol. The van der Waals surface area contributed by atoms with E-state index in [1.807, 2.05) is 0 Å². The second-order valence-corrected chi connectivity index (χ2v) is 3.16. The molecule has 0 saturated heterocycles. The molecule has 14 heavy (non-hydrogen) atoms. The van der Waals surface area contributed by atoms with Crippen molar-refractivity contribution in [2.45, 2.75) is 19.4 Å². The largest absolute Gasteiger partial charge is 0.315 e. The average Bonchev–Trinajstić information content (AvgIpc) is 2.17. The van der Waals surface area contributed by atoms with Gasteiger partial charge in [-0.1, -0.05) is 12.0 Å². The molecule has 1 aliphatic rings. The minimum atomic E-state index is -2.38. The van der Waals surface area contributed by atoms with E-state index in [4.69, 9.17) is 0 Å². The minimum absolute atomic E-state index is 0. The van der Waals surface area contributed by atoms with Gasteiger partial charge in [-0.15, -0.1) is 11.1 Å². The van der Waals surface area contributed by atoms with Crippen molar-refractivity contribution < 1.29 is 41.5 Å². The standard InChI is InChI=1S/C10H10F2N.Y/c11-10(12)8-1-2-9-6-13-4-3-7(9)5-8;/h1,5,10,13H,3-4,6H2;/q-1;. The topological polar surface area (TPSA) is 12.0 Å². The Balaban J connectivity index is 0.000000980. The van der Waals surface area contributed by atoms with Crippen LogP contribution in [-0.2, 0) is 45.7 Å². The van der Waals surface area contributed by atoms with Crippen LogP contribution < -0.4 is 5.32 Å². The van der Waals surface area contributed by atoms with Gasteiger partial charge in [0.1, 0.15) is 0 Å². The Morgan fingerprint density at radius 3 is 2.93 bits per heavy atom. The third-order valence-corrected chi connectivity index (χ3v) is 2.27. The van der Waals surface area contributed by atoms with Crippen molar-refractivity contribution in [3.8, 4) is 0 Å². The third-order valence-electron chi connectivity index (χ3n) is 2.27. The van der Waals surface area contributed by atoms with Crippen LogP contribution in [0, 0.1) is 6.07 Å². The molecule has 0 fully saturated rings. The summed E-state index contributed by atoms with van der Waals surface area (Å²) in [5.41, 5.74) is 2.12. The van der Waals surface area contributed by atoms with E-state index in [2.05, 4.69) is 11.4 Å². The van der Waals surface area contributed by atoms with Gasteiger partial charge < -0.3 is 5.32 Å². The Morgan fingerprint density at radius 2 is 2.21 bits per heavy atom. The van der Waals surface area contributed by atoms with Crippen LogP contribution in [0.5, 0.6) is 0 Å². The summed E-state index contributed by atoms with van der Waals surface area (Å²) in [4.78, 5) is 0. The second-order valence-electron chi connectivity index (χ2n) is 3.16. The molecule has 2 rings (SSSR count). The van der Waals surface area contributed by atoms with Crippen LogP contribution in [0.25, 0.3) is 0 Å². The molecule has 0 atom stereocenters. The van der Waals surface area contributed by atoms with E-state index >= 15 is 0 Å². The van der Waals surface area contributed by atoms with Crippen LogP contribution in [0.3, 0.4) is 0 Å². The van der Waals surface area contributed by atoms with Gasteiger partial charge in [-0.2, -0.15) is 18.2 Å². The molecule has 0 bridgehead atoms. The van der Waals surface area contributed by atoms with Gasteiger partial charge in [0.2, 0.25) is 6.43 Å². The fraction of sp³-hybridized carbons (Fsp3) is 0.400. The van der Waals surface area contributed by atoms with Gasteiger partial charge in [0.05, 0.1) is 0 Å². The number of benzene rings is 1. The van der Waals surface area contributed by atoms with E-state index in [0.29, 0.717) is 0 Å². The Morgan fingerprint density at radius 1 is 1.43 bits per heavy atom. The molecular weight excluding hydrogens is 261 g/mol. The summed E-state index contributed by atoms with van der Waals surface area (Å²) in [6.07, 6.45) is -1.55. The third kappa shape index (κ3) is 2.59. The number of rotatable bonds is 1. The quantitative estimate of drug-likeness (QED) is 0.771. The maximum Gasteiger partial charge on any atom is 0.221 e. The zero-order valence-corrected chi connectivity index (χ0v) is 10.5. The zero-order chi connectivity index (χ0) is 9.26. The van der Waals surface area contributed by atoms with Crippen LogP contribution in [0.1, 0.15) is 23.1 Å². The summed E-state index contributed by atoms with van der Waals surface area (Å²) >= 11 is 0. The maximum absolute atomic E-state index is 12.3. The first-order chi connectivity index (χ1) is 6.27. The fourth-order valence-electron chi connectivity index (χ4n) is 1.54. The summed E-state index contributed by atoms with van der Waals surface area (Å²) < 4.78 is 24.6. The zero-order valence-electron chi connectivity index (χ0n) is 7.69. The van der Waals surface area contributed by atoms with Crippen molar-refractivity contribution in [2.75, 3.05) is 6.54 Å². The number of nitrogens with one attached hydrogen (secondary N) is 1. The SMILES string of the molecule is FC(F)c1c[c-]c2c(c1)CCNC2.[Y].